The third-order valence-corrected chi connectivity index (χ3v) is 4.43. The zero-order chi connectivity index (χ0) is 15.4. The lowest BCUT2D eigenvalue weighted by atomic mass is 10.0. The Kier molecular flexibility index (Phi) is 5.20. The van der Waals surface area contributed by atoms with Crippen molar-refractivity contribution in [2.45, 2.75) is 26.4 Å². The molecule has 0 amide bonds. The van der Waals surface area contributed by atoms with E-state index < -0.39 is 0 Å². The van der Waals surface area contributed by atoms with Crippen molar-refractivity contribution in [1.82, 2.24) is 10.3 Å². The standard InChI is InChI=1S/C16H23N3OS/c1-11(17-3)16-14(7-6-8-15(16)20-5)19(4)9-13-10-21-12(2)18-13/h6-8,10-11,17H,9H2,1-5H3. The molecule has 1 atom stereocenters. The fourth-order valence-electron chi connectivity index (χ4n) is 2.43. The largest absolute Gasteiger partial charge is 0.496 e. The molecule has 5 heteroatoms. The number of nitrogens with one attached hydrogen (secondary N) is 1. The first-order valence-corrected chi connectivity index (χ1v) is 7.91. The first-order chi connectivity index (χ1) is 10.1. The van der Waals surface area contributed by atoms with Gasteiger partial charge in [-0.15, -0.1) is 11.3 Å². The Morgan fingerprint density at radius 3 is 2.76 bits per heavy atom. The quantitative estimate of drug-likeness (QED) is 0.888. The van der Waals surface area contributed by atoms with Crippen LogP contribution in [0.4, 0.5) is 5.69 Å². The van der Waals surface area contributed by atoms with Crippen LogP contribution < -0.4 is 15.0 Å². The summed E-state index contributed by atoms with van der Waals surface area (Å²) < 4.78 is 5.53. The van der Waals surface area contributed by atoms with E-state index in [1.165, 1.54) is 11.3 Å². The normalized spacial score (nSPS) is 12.2. The fraction of sp³-hybridized carbons (Fsp3) is 0.438. The average molecular weight is 305 g/mol. The highest BCUT2D eigenvalue weighted by atomic mass is 32.1. The van der Waals surface area contributed by atoms with E-state index in [1.54, 1.807) is 18.4 Å². The van der Waals surface area contributed by atoms with E-state index >= 15 is 0 Å². The smallest absolute Gasteiger partial charge is 0.125 e. The predicted octanol–water partition coefficient (Wildman–Crippen LogP) is 3.38. The topological polar surface area (TPSA) is 37.4 Å². The second kappa shape index (κ2) is 6.91. The van der Waals surface area contributed by atoms with E-state index in [2.05, 4.69) is 40.6 Å². The Morgan fingerprint density at radius 1 is 1.43 bits per heavy atom. The predicted molar refractivity (Wildman–Crippen MR) is 89.4 cm³/mol. The molecule has 0 aliphatic heterocycles. The lowest BCUT2D eigenvalue weighted by molar-refractivity contribution is 0.404. The Labute approximate surface area is 130 Å². The zero-order valence-corrected chi connectivity index (χ0v) is 14.1. The third-order valence-electron chi connectivity index (χ3n) is 3.61. The molecule has 114 valence electrons. The fourth-order valence-corrected chi connectivity index (χ4v) is 3.04. The van der Waals surface area contributed by atoms with Gasteiger partial charge < -0.3 is 15.0 Å². The van der Waals surface area contributed by atoms with E-state index in [-0.39, 0.29) is 6.04 Å². The molecule has 0 saturated carbocycles. The summed E-state index contributed by atoms with van der Waals surface area (Å²) in [5.41, 5.74) is 3.45. The van der Waals surface area contributed by atoms with Crippen LogP contribution >= 0.6 is 11.3 Å². The summed E-state index contributed by atoms with van der Waals surface area (Å²) in [4.78, 5) is 6.77. The van der Waals surface area contributed by atoms with E-state index in [1.807, 2.05) is 26.1 Å². The minimum absolute atomic E-state index is 0.218. The molecule has 1 heterocycles. The van der Waals surface area contributed by atoms with Gasteiger partial charge in [0.2, 0.25) is 0 Å². The number of ether oxygens (including phenoxy) is 1. The van der Waals surface area contributed by atoms with Crippen molar-refractivity contribution in [1.29, 1.82) is 0 Å². The summed E-state index contributed by atoms with van der Waals surface area (Å²) in [6.45, 7) is 4.97. The maximum Gasteiger partial charge on any atom is 0.125 e. The van der Waals surface area contributed by atoms with Crippen molar-refractivity contribution in [2.24, 2.45) is 0 Å². The van der Waals surface area contributed by atoms with Crippen LogP contribution in [0.15, 0.2) is 23.6 Å². The number of anilines is 1. The number of aromatic nitrogens is 1. The summed E-state index contributed by atoms with van der Waals surface area (Å²) in [6, 6.07) is 6.39. The first-order valence-electron chi connectivity index (χ1n) is 7.03. The second-order valence-corrected chi connectivity index (χ2v) is 6.18. The molecule has 0 fully saturated rings. The highest BCUT2D eigenvalue weighted by Crippen LogP contribution is 2.34. The van der Waals surface area contributed by atoms with E-state index in [0.29, 0.717) is 0 Å². The van der Waals surface area contributed by atoms with Crippen molar-refractivity contribution in [3.8, 4) is 5.75 Å². The molecule has 2 aromatic rings. The van der Waals surface area contributed by atoms with Crippen molar-refractivity contribution < 1.29 is 4.74 Å². The molecule has 0 aliphatic carbocycles. The SMILES string of the molecule is CNC(C)c1c(OC)cccc1N(C)Cc1csc(C)n1. The molecule has 0 bridgehead atoms. The van der Waals surface area contributed by atoms with E-state index in [4.69, 9.17) is 4.74 Å². The molecule has 1 N–H and O–H groups in total. The minimum atomic E-state index is 0.218. The van der Waals surface area contributed by atoms with Crippen LogP contribution in [0.25, 0.3) is 0 Å². The van der Waals surface area contributed by atoms with Gasteiger partial charge in [0.05, 0.1) is 24.4 Å². The van der Waals surface area contributed by atoms with E-state index in [0.717, 1.165) is 23.0 Å². The van der Waals surface area contributed by atoms with Crippen molar-refractivity contribution in [3.05, 3.63) is 39.8 Å². The summed E-state index contributed by atoms with van der Waals surface area (Å²) in [7, 11) is 5.77. The summed E-state index contributed by atoms with van der Waals surface area (Å²) in [6.07, 6.45) is 0. The molecule has 1 aromatic heterocycles. The van der Waals surface area contributed by atoms with Crippen molar-refractivity contribution >= 4 is 17.0 Å². The van der Waals surface area contributed by atoms with Gasteiger partial charge in [0, 0.05) is 29.7 Å². The summed E-state index contributed by atoms with van der Waals surface area (Å²) in [5.74, 6) is 0.913. The van der Waals surface area contributed by atoms with Crippen molar-refractivity contribution in [2.75, 3.05) is 26.1 Å². The third kappa shape index (κ3) is 3.54. The van der Waals surface area contributed by atoms with Crippen LogP contribution in [-0.4, -0.2) is 26.2 Å². The Morgan fingerprint density at radius 2 is 2.19 bits per heavy atom. The van der Waals surface area contributed by atoms with Crippen molar-refractivity contribution in [3.63, 3.8) is 0 Å². The van der Waals surface area contributed by atoms with Gasteiger partial charge in [-0.2, -0.15) is 0 Å². The molecular weight excluding hydrogens is 282 g/mol. The van der Waals surface area contributed by atoms with Crippen LogP contribution in [0.3, 0.4) is 0 Å². The Hall–Kier alpha value is -1.59. The number of hydrogen-bond acceptors (Lipinski definition) is 5. The highest BCUT2D eigenvalue weighted by molar-refractivity contribution is 7.09. The van der Waals surface area contributed by atoms with Gasteiger partial charge in [-0.1, -0.05) is 6.07 Å². The van der Waals surface area contributed by atoms with Crippen LogP contribution in [0.5, 0.6) is 5.75 Å². The molecular formula is C16H23N3OS. The number of thiazole rings is 1. The molecule has 2 rings (SSSR count). The highest BCUT2D eigenvalue weighted by Gasteiger charge is 2.18. The molecule has 0 aliphatic rings. The van der Waals surface area contributed by atoms with Gasteiger partial charge in [0.25, 0.3) is 0 Å². The number of methoxy groups -OCH3 is 1. The molecule has 4 nitrogen and oxygen atoms in total. The molecule has 0 radical (unpaired) electrons. The first kappa shape index (κ1) is 15.8. The molecule has 21 heavy (non-hydrogen) atoms. The maximum atomic E-state index is 5.53. The number of hydrogen-bond donors (Lipinski definition) is 1. The average Bonchev–Trinajstić information content (AvgIpc) is 2.90. The van der Waals surface area contributed by atoms with Gasteiger partial charge in [0.15, 0.2) is 0 Å². The number of benzene rings is 1. The Balaban J connectivity index is 2.33. The molecule has 1 aromatic carbocycles. The molecule has 0 spiro atoms. The lowest BCUT2D eigenvalue weighted by Gasteiger charge is -2.26. The van der Waals surface area contributed by atoms with E-state index in [9.17, 15) is 0 Å². The van der Waals surface area contributed by atoms with Gasteiger partial charge >= 0.3 is 0 Å². The van der Waals surface area contributed by atoms with Crippen LogP contribution in [0.2, 0.25) is 0 Å². The number of nitrogens with zero attached hydrogens (tertiary/aromatic N) is 2. The minimum Gasteiger partial charge on any atom is -0.496 e. The second-order valence-electron chi connectivity index (χ2n) is 5.12. The van der Waals surface area contributed by atoms with Gasteiger partial charge in [-0.3, -0.25) is 0 Å². The van der Waals surface area contributed by atoms with Crippen LogP contribution in [0.1, 0.15) is 29.2 Å². The Bertz CT molecular complexity index is 597. The van der Waals surface area contributed by atoms with Crippen LogP contribution in [0, 0.1) is 6.92 Å². The summed E-state index contributed by atoms with van der Waals surface area (Å²) >= 11 is 1.69. The number of rotatable bonds is 6. The maximum absolute atomic E-state index is 5.53. The number of aryl methyl sites for hydroxylation is 1. The van der Waals surface area contributed by atoms with Crippen LogP contribution in [-0.2, 0) is 6.54 Å². The monoisotopic (exact) mass is 305 g/mol. The van der Waals surface area contributed by atoms with Gasteiger partial charge in [-0.25, -0.2) is 4.98 Å². The molecule has 0 saturated heterocycles. The zero-order valence-electron chi connectivity index (χ0n) is 13.3. The van der Waals surface area contributed by atoms with Gasteiger partial charge in [-0.05, 0) is 33.0 Å². The summed E-state index contributed by atoms with van der Waals surface area (Å²) in [5, 5.41) is 6.52. The lowest BCUT2D eigenvalue weighted by Crippen LogP contribution is -2.22. The molecule has 1 unspecified atom stereocenters. The van der Waals surface area contributed by atoms with Gasteiger partial charge in [0.1, 0.15) is 5.75 Å².